The Hall–Kier alpha value is -0.610. The van der Waals surface area contributed by atoms with E-state index >= 15 is 0 Å². The Morgan fingerprint density at radius 1 is 1.47 bits per heavy atom. The summed E-state index contributed by atoms with van der Waals surface area (Å²) >= 11 is 0. The molecule has 0 bridgehead atoms. The Bertz CT molecular complexity index is 239. The number of nitrogens with two attached hydrogens (primary N) is 1. The summed E-state index contributed by atoms with van der Waals surface area (Å²) < 4.78 is 5.37. The van der Waals surface area contributed by atoms with Gasteiger partial charge in [0.15, 0.2) is 0 Å². The zero-order valence-electron chi connectivity index (χ0n) is 10.1. The predicted molar refractivity (Wildman–Crippen MR) is 59.4 cm³/mol. The van der Waals surface area contributed by atoms with Crippen LogP contribution in [0.4, 0.5) is 0 Å². The van der Waals surface area contributed by atoms with Crippen molar-refractivity contribution in [2.75, 3.05) is 19.8 Å². The maximum atomic E-state index is 12.1. The van der Waals surface area contributed by atoms with Gasteiger partial charge in [-0.15, -0.1) is 0 Å². The zero-order chi connectivity index (χ0) is 11.6. The molecule has 0 aromatic carbocycles. The normalized spacial score (nSPS) is 22.9. The van der Waals surface area contributed by atoms with Gasteiger partial charge in [-0.1, -0.05) is 13.8 Å². The lowest BCUT2D eigenvalue weighted by molar-refractivity contribution is -0.148. The first-order valence-corrected chi connectivity index (χ1v) is 5.51. The van der Waals surface area contributed by atoms with Crippen molar-refractivity contribution in [2.45, 2.75) is 39.3 Å². The van der Waals surface area contributed by atoms with Crippen LogP contribution in [0.1, 0.15) is 27.7 Å². The van der Waals surface area contributed by atoms with E-state index in [1.54, 1.807) is 0 Å². The second kappa shape index (κ2) is 4.49. The van der Waals surface area contributed by atoms with Crippen LogP contribution >= 0.6 is 0 Å². The lowest BCUT2D eigenvalue weighted by atomic mass is 9.97. The second-order valence-corrected chi connectivity index (χ2v) is 5.12. The maximum Gasteiger partial charge on any atom is 0.240 e. The van der Waals surface area contributed by atoms with Crippen molar-refractivity contribution in [1.82, 2.24) is 4.90 Å². The molecular formula is C11H22N2O2. The molecule has 4 heteroatoms. The summed E-state index contributed by atoms with van der Waals surface area (Å²) in [5.41, 5.74) is 5.65. The lowest BCUT2D eigenvalue weighted by Crippen LogP contribution is -2.60. The van der Waals surface area contributed by atoms with Crippen LogP contribution in [0.3, 0.4) is 0 Å². The monoisotopic (exact) mass is 214 g/mol. The topological polar surface area (TPSA) is 55.6 Å². The fourth-order valence-electron chi connectivity index (χ4n) is 1.73. The molecule has 1 rings (SSSR count). The molecule has 2 N–H and O–H groups in total. The van der Waals surface area contributed by atoms with Gasteiger partial charge < -0.3 is 15.4 Å². The lowest BCUT2D eigenvalue weighted by Gasteiger charge is -2.43. The average molecular weight is 214 g/mol. The molecule has 1 aliphatic heterocycles. The summed E-state index contributed by atoms with van der Waals surface area (Å²) in [6, 6.07) is -0.401. The highest BCUT2D eigenvalue weighted by atomic mass is 16.5. The molecule has 0 aromatic heterocycles. The smallest absolute Gasteiger partial charge is 0.240 e. The molecule has 0 radical (unpaired) electrons. The molecular weight excluding hydrogens is 192 g/mol. The number of amides is 1. The Morgan fingerprint density at radius 3 is 2.53 bits per heavy atom. The van der Waals surface area contributed by atoms with Gasteiger partial charge in [0.2, 0.25) is 5.91 Å². The van der Waals surface area contributed by atoms with Crippen molar-refractivity contribution in [2.24, 2.45) is 11.7 Å². The van der Waals surface area contributed by atoms with E-state index in [-0.39, 0.29) is 17.4 Å². The number of morpholine rings is 1. The highest BCUT2D eigenvalue weighted by Crippen LogP contribution is 2.20. The summed E-state index contributed by atoms with van der Waals surface area (Å²) in [5, 5.41) is 0. The Kier molecular flexibility index (Phi) is 3.73. The Balaban J connectivity index is 2.73. The van der Waals surface area contributed by atoms with E-state index < -0.39 is 6.04 Å². The molecule has 1 amide bonds. The standard InChI is InChI=1S/C11H22N2O2/c1-8(2)9(12)10(14)13-5-6-15-7-11(13,3)4/h8-9H,5-7,12H2,1-4H3/t9-/m1/s1. The van der Waals surface area contributed by atoms with E-state index in [1.165, 1.54) is 0 Å². The summed E-state index contributed by atoms with van der Waals surface area (Å²) in [6.07, 6.45) is 0. The first-order valence-electron chi connectivity index (χ1n) is 5.51. The van der Waals surface area contributed by atoms with Gasteiger partial charge in [-0.3, -0.25) is 4.79 Å². The van der Waals surface area contributed by atoms with E-state index in [2.05, 4.69) is 0 Å². The van der Waals surface area contributed by atoms with Gasteiger partial charge in [-0.2, -0.15) is 0 Å². The molecule has 1 saturated heterocycles. The number of rotatable bonds is 2. The van der Waals surface area contributed by atoms with Gasteiger partial charge in [0, 0.05) is 6.54 Å². The van der Waals surface area contributed by atoms with Gasteiger partial charge in [0.1, 0.15) is 0 Å². The van der Waals surface area contributed by atoms with Crippen molar-refractivity contribution in [3.8, 4) is 0 Å². The van der Waals surface area contributed by atoms with Crippen LogP contribution in [0.25, 0.3) is 0 Å². The van der Waals surface area contributed by atoms with E-state index in [4.69, 9.17) is 10.5 Å². The van der Waals surface area contributed by atoms with E-state index in [0.717, 1.165) is 0 Å². The largest absolute Gasteiger partial charge is 0.377 e. The average Bonchev–Trinajstić information content (AvgIpc) is 2.15. The van der Waals surface area contributed by atoms with Crippen LogP contribution in [0.5, 0.6) is 0 Å². The number of carbonyl (C=O) groups is 1. The molecule has 88 valence electrons. The van der Waals surface area contributed by atoms with Crippen LogP contribution in [0, 0.1) is 5.92 Å². The van der Waals surface area contributed by atoms with Gasteiger partial charge in [-0.25, -0.2) is 0 Å². The minimum atomic E-state index is -0.401. The van der Waals surface area contributed by atoms with Crippen LogP contribution in [-0.4, -0.2) is 42.1 Å². The number of nitrogens with zero attached hydrogens (tertiary/aromatic N) is 1. The fourth-order valence-corrected chi connectivity index (χ4v) is 1.73. The first-order chi connectivity index (χ1) is 6.86. The van der Waals surface area contributed by atoms with Crippen molar-refractivity contribution >= 4 is 5.91 Å². The summed E-state index contributed by atoms with van der Waals surface area (Å²) in [6.45, 7) is 9.80. The third-order valence-corrected chi connectivity index (χ3v) is 2.91. The molecule has 4 nitrogen and oxygen atoms in total. The molecule has 1 fully saturated rings. The number of hydrogen-bond acceptors (Lipinski definition) is 3. The predicted octanol–water partition coefficient (Wildman–Crippen LogP) is 0.607. The third kappa shape index (κ3) is 2.69. The Morgan fingerprint density at radius 2 is 2.07 bits per heavy atom. The van der Waals surface area contributed by atoms with Crippen LogP contribution in [-0.2, 0) is 9.53 Å². The first kappa shape index (κ1) is 12.5. The molecule has 0 aliphatic carbocycles. The summed E-state index contributed by atoms with van der Waals surface area (Å²) in [5.74, 6) is 0.217. The highest BCUT2D eigenvalue weighted by molar-refractivity contribution is 5.82. The minimum Gasteiger partial charge on any atom is -0.377 e. The number of hydrogen-bond donors (Lipinski definition) is 1. The second-order valence-electron chi connectivity index (χ2n) is 5.12. The number of carbonyl (C=O) groups excluding carboxylic acids is 1. The fraction of sp³-hybridized carbons (Fsp3) is 0.909. The molecule has 0 spiro atoms. The highest BCUT2D eigenvalue weighted by Gasteiger charge is 2.36. The van der Waals surface area contributed by atoms with Gasteiger partial charge >= 0.3 is 0 Å². The SMILES string of the molecule is CC(C)[C@@H](N)C(=O)N1CCOCC1(C)C. The molecule has 15 heavy (non-hydrogen) atoms. The third-order valence-electron chi connectivity index (χ3n) is 2.91. The van der Waals surface area contributed by atoms with Crippen LogP contribution in [0.2, 0.25) is 0 Å². The van der Waals surface area contributed by atoms with Crippen molar-refractivity contribution in [3.05, 3.63) is 0 Å². The van der Waals surface area contributed by atoms with E-state index in [0.29, 0.717) is 19.8 Å². The molecule has 0 unspecified atom stereocenters. The van der Waals surface area contributed by atoms with Crippen molar-refractivity contribution < 1.29 is 9.53 Å². The van der Waals surface area contributed by atoms with Crippen LogP contribution in [0.15, 0.2) is 0 Å². The van der Waals surface area contributed by atoms with E-state index in [1.807, 2.05) is 32.6 Å². The summed E-state index contributed by atoms with van der Waals surface area (Å²) in [4.78, 5) is 13.9. The molecule has 1 aliphatic rings. The zero-order valence-corrected chi connectivity index (χ0v) is 10.1. The van der Waals surface area contributed by atoms with Gasteiger partial charge in [-0.05, 0) is 19.8 Å². The maximum absolute atomic E-state index is 12.1. The Labute approximate surface area is 91.8 Å². The molecule has 0 saturated carbocycles. The van der Waals surface area contributed by atoms with Gasteiger partial charge in [0.05, 0.1) is 24.8 Å². The van der Waals surface area contributed by atoms with E-state index in [9.17, 15) is 4.79 Å². The van der Waals surface area contributed by atoms with Gasteiger partial charge in [0.25, 0.3) is 0 Å². The van der Waals surface area contributed by atoms with Crippen molar-refractivity contribution in [3.63, 3.8) is 0 Å². The van der Waals surface area contributed by atoms with Crippen molar-refractivity contribution in [1.29, 1.82) is 0 Å². The molecule has 0 aromatic rings. The summed E-state index contributed by atoms with van der Waals surface area (Å²) in [7, 11) is 0. The molecule has 1 heterocycles. The quantitative estimate of drug-likeness (QED) is 0.732. The van der Waals surface area contributed by atoms with Crippen LogP contribution < -0.4 is 5.73 Å². The minimum absolute atomic E-state index is 0.0401. The molecule has 1 atom stereocenters. The number of ether oxygens (including phenoxy) is 1.